The van der Waals surface area contributed by atoms with Gasteiger partial charge in [-0.3, -0.25) is 15.0 Å². The second kappa shape index (κ2) is 11.3. The van der Waals surface area contributed by atoms with E-state index in [9.17, 15) is 9.59 Å². The number of halogens is 1. The van der Waals surface area contributed by atoms with Crippen LogP contribution in [0.4, 0.5) is 5.69 Å². The molecule has 1 aliphatic rings. The third-order valence-electron chi connectivity index (χ3n) is 5.88. The van der Waals surface area contributed by atoms with Crippen LogP contribution in [-0.2, 0) is 9.59 Å². The third kappa shape index (κ3) is 5.46. The number of hydrogen-bond acceptors (Lipinski definition) is 3. The second-order valence-corrected chi connectivity index (χ2v) is 8.43. The Morgan fingerprint density at radius 1 is 1.03 bits per heavy atom. The molecular weight excluding hydrogens is 410 g/mol. The average Bonchev–Trinajstić information content (AvgIpc) is 2.85. The lowest BCUT2D eigenvalue weighted by molar-refractivity contribution is -0.128. The Bertz CT molecular complexity index is 900. The Hall–Kier alpha value is -2.37. The molecule has 1 unspecified atom stereocenters. The normalized spacial score (nSPS) is 16.1. The smallest absolute Gasteiger partial charge is 0.256 e. The van der Waals surface area contributed by atoms with Gasteiger partial charge in [-0.25, -0.2) is 5.01 Å². The van der Waals surface area contributed by atoms with Crippen molar-refractivity contribution in [3.63, 3.8) is 0 Å². The first kappa shape index (κ1) is 24.9. The van der Waals surface area contributed by atoms with Crippen LogP contribution in [0.5, 0.6) is 0 Å². The Kier molecular flexibility index (Phi) is 9.08. The molecule has 0 spiro atoms. The van der Waals surface area contributed by atoms with E-state index >= 15 is 0 Å². The molecule has 6 heteroatoms. The molecule has 3 rings (SSSR count). The molecule has 0 fully saturated rings. The standard InChI is InChI=1S/C25H33N3O2.ClH/c1-4-5-6-7-15-21-19-13-9-8-12-18(19)20-14-10-11-16-22(20)28(25(21)30)27-24(29)23(26)17(2)3;/h8-14,16-17,21,23H,4-7,15,26H2,1-3H3,(H,27,29);1H/t21?,23-;/m0./s1. The topological polar surface area (TPSA) is 75.4 Å². The van der Waals surface area contributed by atoms with Crippen LogP contribution in [0.1, 0.15) is 64.4 Å². The molecule has 1 aliphatic heterocycles. The van der Waals surface area contributed by atoms with E-state index in [2.05, 4.69) is 18.4 Å². The summed E-state index contributed by atoms with van der Waals surface area (Å²) in [7, 11) is 0. The van der Waals surface area contributed by atoms with Crippen LogP contribution in [0, 0.1) is 5.92 Å². The van der Waals surface area contributed by atoms with Crippen molar-refractivity contribution in [3.05, 3.63) is 54.1 Å². The van der Waals surface area contributed by atoms with Crippen LogP contribution in [0.2, 0.25) is 0 Å². The summed E-state index contributed by atoms with van der Waals surface area (Å²) in [5.41, 5.74) is 12.6. The SMILES string of the molecule is CCCCCCC1C(=O)N(NC(=O)[C@@H](N)C(C)C)c2ccccc2-c2ccccc21.Cl. The van der Waals surface area contributed by atoms with Crippen LogP contribution in [0.3, 0.4) is 0 Å². The van der Waals surface area contributed by atoms with Crippen LogP contribution in [-0.4, -0.2) is 17.9 Å². The first-order chi connectivity index (χ1) is 14.5. The molecule has 0 aromatic heterocycles. The summed E-state index contributed by atoms with van der Waals surface area (Å²) in [6, 6.07) is 15.1. The fourth-order valence-corrected chi connectivity index (χ4v) is 4.01. The van der Waals surface area contributed by atoms with Gasteiger partial charge in [-0.2, -0.15) is 0 Å². The Morgan fingerprint density at radius 3 is 2.35 bits per heavy atom. The third-order valence-corrected chi connectivity index (χ3v) is 5.88. The molecule has 0 aliphatic carbocycles. The van der Waals surface area contributed by atoms with Crippen molar-refractivity contribution in [2.24, 2.45) is 11.7 Å². The molecule has 0 radical (unpaired) electrons. The molecule has 1 heterocycles. The Balaban J connectivity index is 0.00000341. The maximum absolute atomic E-state index is 13.7. The van der Waals surface area contributed by atoms with E-state index in [1.165, 1.54) is 5.01 Å². The number of hydrazine groups is 1. The number of carbonyl (C=O) groups excluding carboxylic acids is 2. The largest absolute Gasteiger partial charge is 0.320 e. The molecule has 0 saturated heterocycles. The number of anilines is 1. The van der Waals surface area contributed by atoms with E-state index in [0.717, 1.165) is 48.8 Å². The molecule has 168 valence electrons. The van der Waals surface area contributed by atoms with Gasteiger partial charge in [0.15, 0.2) is 0 Å². The average molecular weight is 444 g/mol. The van der Waals surface area contributed by atoms with Crippen molar-refractivity contribution >= 4 is 29.9 Å². The van der Waals surface area contributed by atoms with Crippen LogP contribution in [0.15, 0.2) is 48.5 Å². The summed E-state index contributed by atoms with van der Waals surface area (Å²) in [6.07, 6.45) is 5.14. The van der Waals surface area contributed by atoms with Gasteiger partial charge in [0.05, 0.1) is 17.6 Å². The molecule has 0 bridgehead atoms. The predicted octanol–water partition coefficient (Wildman–Crippen LogP) is 5.19. The Morgan fingerprint density at radius 2 is 1.68 bits per heavy atom. The highest BCUT2D eigenvalue weighted by molar-refractivity contribution is 6.06. The van der Waals surface area contributed by atoms with Crippen molar-refractivity contribution in [1.29, 1.82) is 0 Å². The van der Waals surface area contributed by atoms with Crippen LogP contribution in [0.25, 0.3) is 11.1 Å². The number of carbonyl (C=O) groups is 2. The van der Waals surface area contributed by atoms with E-state index in [1.54, 1.807) is 0 Å². The fourth-order valence-electron chi connectivity index (χ4n) is 4.01. The van der Waals surface area contributed by atoms with Gasteiger partial charge < -0.3 is 5.73 Å². The van der Waals surface area contributed by atoms with Crippen molar-refractivity contribution < 1.29 is 9.59 Å². The second-order valence-electron chi connectivity index (χ2n) is 8.43. The number of rotatable bonds is 8. The van der Waals surface area contributed by atoms with Crippen molar-refractivity contribution in [2.45, 2.75) is 64.8 Å². The molecule has 2 aromatic rings. The van der Waals surface area contributed by atoms with Gasteiger partial charge in [0, 0.05) is 5.56 Å². The van der Waals surface area contributed by atoms with Gasteiger partial charge in [-0.1, -0.05) is 88.9 Å². The van der Waals surface area contributed by atoms with E-state index in [-0.39, 0.29) is 36.1 Å². The molecule has 2 atom stereocenters. The zero-order chi connectivity index (χ0) is 21.7. The van der Waals surface area contributed by atoms with Crippen molar-refractivity contribution in [3.8, 4) is 11.1 Å². The number of benzene rings is 2. The predicted molar refractivity (Wildman–Crippen MR) is 129 cm³/mol. The van der Waals surface area contributed by atoms with Crippen molar-refractivity contribution in [2.75, 3.05) is 5.01 Å². The maximum atomic E-state index is 13.7. The minimum atomic E-state index is -0.682. The summed E-state index contributed by atoms with van der Waals surface area (Å²) < 4.78 is 0. The molecule has 3 N–H and O–H groups in total. The fraction of sp³-hybridized carbons (Fsp3) is 0.440. The highest BCUT2D eigenvalue weighted by Gasteiger charge is 2.35. The van der Waals surface area contributed by atoms with E-state index in [4.69, 9.17) is 5.73 Å². The summed E-state index contributed by atoms with van der Waals surface area (Å²) in [4.78, 5) is 26.5. The summed E-state index contributed by atoms with van der Waals surface area (Å²) >= 11 is 0. The zero-order valence-corrected chi connectivity index (χ0v) is 19.5. The number of fused-ring (bicyclic) bond motifs is 3. The van der Waals surface area contributed by atoms with Gasteiger partial charge in [-0.15, -0.1) is 12.4 Å². The van der Waals surface area contributed by atoms with E-state index < -0.39 is 6.04 Å². The molecular formula is C25H34ClN3O2. The quantitative estimate of drug-likeness (QED) is 0.551. The lowest BCUT2D eigenvalue weighted by Crippen LogP contribution is -2.54. The minimum Gasteiger partial charge on any atom is -0.320 e. The molecule has 31 heavy (non-hydrogen) atoms. The number of nitrogens with one attached hydrogen (secondary N) is 1. The van der Waals surface area contributed by atoms with Crippen LogP contribution >= 0.6 is 12.4 Å². The molecule has 0 saturated carbocycles. The lowest BCUT2D eigenvalue weighted by atomic mass is 9.87. The maximum Gasteiger partial charge on any atom is 0.256 e. The minimum absolute atomic E-state index is 0. The first-order valence-electron chi connectivity index (χ1n) is 11.0. The summed E-state index contributed by atoms with van der Waals surface area (Å²) in [5, 5.41) is 1.43. The van der Waals surface area contributed by atoms with Gasteiger partial charge in [0.2, 0.25) is 0 Å². The van der Waals surface area contributed by atoms with Crippen molar-refractivity contribution in [1.82, 2.24) is 5.43 Å². The van der Waals surface area contributed by atoms with Gasteiger partial charge in [-0.05, 0) is 29.5 Å². The highest BCUT2D eigenvalue weighted by Crippen LogP contribution is 2.41. The molecule has 5 nitrogen and oxygen atoms in total. The number of unbranched alkanes of at least 4 members (excludes halogenated alkanes) is 3. The van der Waals surface area contributed by atoms with E-state index in [0.29, 0.717) is 5.69 Å². The zero-order valence-electron chi connectivity index (χ0n) is 18.6. The highest BCUT2D eigenvalue weighted by atomic mass is 35.5. The monoisotopic (exact) mass is 443 g/mol. The van der Waals surface area contributed by atoms with Gasteiger partial charge in [0.25, 0.3) is 11.8 Å². The first-order valence-corrected chi connectivity index (χ1v) is 11.0. The number of para-hydroxylation sites is 1. The summed E-state index contributed by atoms with van der Waals surface area (Å²) in [5.74, 6) is -0.776. The number of hydrogen-bond donors (Lipinski definition) is 2. The van der Waals surface area contributed by atoms with E-state index in [1.807, 2.05) is 56.3 Å². The summed E-state index contributed by atoms with van der Waals surface area (Å²) in [6.45, 7) is 5.97. The van der Waals surface area contributed by atoms with Gasteiger partial charge in [0.1, 0.15) is 0 Å². The Labute approximate surface area is 191 Å². The lowest BCUT2D eigenvalue weighted by Gasteiger charge is -2.28. The van der Waals surface area contributed by atoms with Gasteiger partial charge >= 0.3 is 0 Å². The van der Waals surface area contributed by atoms with Crippen LogP contribution < -0.4 is 16.2 Å². The number of nitrogens with two attached hydrogens (primary N) is 1. The molecule has 2 amide bonds. The number of amides is 2. The number of nitrogens with zero attached hydrogens (tertiary/aromatic N) is 1. The molecule has 2 aromatic carbocycles.